The fourth-order valence-corrected chi connectivity index (χ4v) is 2.38. The maximum atomic E-state index is 11.1. The van der Waals surface area contributed by atoms with Crippen LogP contribution < -0.4 is 4.90 Å². The highest BCUT2D eigenvalue weighted by Gasteiger charge is 2.16. The number of anilines is 1. The summed E-state index contributed by atoms with van der Waals surface area (Å²) in [6, 6.07) is 0. The number of nitrogens with zero attached hydrogens (tertiary/aromatic N) is 3. The molecule has 0 aliphatic rings. The Morgan fingerprint density at radius 2 is 2.50 bits per heavy atom. The van der Waals surface area contributed by atoms with Gasteiger partial charge in [-0.1, -0.05) is 0 Å². The fraction of sp³-hybridized carbons (Fsp3) is 0.400. The zero-order valence-electron chi connectivity index (χ0n) is 8.96. The number of rotatable bonds is 5. The van der Waals surface area contributed by atoms with Crippen LogP contribution in [0.3, 0.4) is 0 Å². The molecule has 0 unspecified atom stereocenters. The molecule has 2 aromatic rings. The first-order chi connectivity index (χ1) is 7.81. The van der Waals surface area contributed by atoms with Crippen molar-refractivity contribution >= 4 is 28.4 Å². The topological polar surface area (TPSA) is 57.8 Å². The average Bonchev–Trinajstić information content (AvgIpc) is 2.85. The van der Waals surface area contributed by atoms with Gasteiger partial charge in [-0.05, 0) is 6.92 Å². The standard InChI is InChI=1S/C10H13N3O2S/c1-2-12(3-5-14)9-8(7-15)13-4-6-16-10(13)11-9/h4,6-7,14H,2-3,5H2,1H3. The van der Waals surface area contributed by atoms with Crippen LogP contribution in [0, 0.1) is 0 Å². The molecule has 0 radical (unpaired) electrons. The van der Waals surface area contributed by atoms with E-state index >= 15 is 0 Å². The predicted molar refractivity (Wildman–Crippen MR) is 63.4 cm³/mol. The molecule has 1 N–H and O–H groups in total. The molecule has 0 atom stereocenters. The number of carbonyl (C=O) groups excluding carboxylic acids is 1. The van der Waals surface area contributed by atoms with E-state index in [0.29, 0.717) is 24.6 Å². The third-order valence-corrected chi connectivity index (χ3v) is 3.20. The summed E-state index contributed by atoms with van der Waals surface area (Å²) < 4.78 is 1.77. The van der Waals surface area contributed by atoms with E-state index in [0.717, 1.165) is 11.2 Å². The minimum Gasteiger partial charge on any atom is -0.395 e. The van der Waals surface area contributed by atoms with E-state index in [2.05, 4.69) is 4.98 Å². The van der Waals surface area contributed by atoms with Gasteiger partial charge in [0.2, 0.25) is 0 Å². The van der Waals surface area contributed by atoms with Gasteiger partial charge >= 0.3 is 0 Å². The second kappa shape index (κ2) is 4.63. The zero-order chi connectivity index (χ0) is 11.5. The molecule has 0 saturated heterocycles. The van der Waals surface area contributed by atoms with Crippen LogP contribution in [0.15, 0.2) is 11.6 Å². The van der Waals surface area contributed by atoms with Crippen LogP contribution in [0.25, 0.3) is 4.96 Å². The van der Waals surface area contributed by atoms with Crippen molar-refractivity contribution in [3.8, 4) is 0 Å². The maximum Gasteiger partial charge on any atom is 0.196 e. The van der Waals surface area contributed by atoms with Crippen molar-refractivity contribution < 1.29 is 9.90 Å². The number of aliphatic hydroxyl groups excluding tert-OH is 1. The summed E-state index contributed by atoms with van der Waals surface area (Å²) in [4.78, 5) is 18.2. The third kappa shape index (κ3) is 1.70. The summed E-state index contributed by atoms with van der Waals surface area (Å²) in [5.41, 5.74) is 0.548. The van der Waals surface area contributed by atoms with Gasteiger partial charge in [-0.3, -0.25) is 9.20 Å². The summed E-state index contributed by atoms with van der Waals surface area (Å²) in [6.07, 6.45) is 2.63. The number of aliphatic hydroxyl groups is 1. The lowest BCUT2D eigenvalue weighted by atomic mass is 10.4. The molecule has 0 fully saturated rings. The van der Waals surface area contributed by atoms with Gasteiger partial charge in [0.1, 0.15) is 5.69 Å². The smallest absolute Gasteiger partial charge is 0.196 e. The third-order valence-electron chi connectivity index (χ3n) is 2.44. The molecule has 2 heterocycles. The molecule has 16 heavy (non-hydrogen) atoms. The van der Waals surface area contributed by atoms with Gasteiger partial charge in [0, 0.05) is 24.7 Å². The van der Waals surface area contributed by atoms with E-state index in [9.17, 15) is 4.79 Å². The Labute approximate surface area is 96.9 Å². The van der Waals surface area contributed by atoms with Crippen molar-refractivity contribution in [2.45, 2.75) is 6.92 Å². The molecule has 2 aromatic heterocycles. The second-order valence-electron chi connectivity index (χ2n) is 3.30. The summed E-state index contributed by atoms with van der Waals surface area (Å²) >= 11 is 1.49. The highest BCUT2D eigenvalue weighted by molar-refractivity contribution is 7.15. The lowest BCUT2D eigenvalue weighted by molar-refractivity contribution is 0.111. The first-order valence-corrected chi connectivity index (χ1v) is 5.96. The molecule has 86 valence electrons. The van der Waals surface area contributed by atoms with Crippen LogP contribution in [0.4, 0.5) is 5.82 Å². The molecular formula is C10H13N3O2S. The van der Waals surface area contributed by atoms with Gasteiger partial charge in [-0.25, -0.2) is 4.98 Å². The number of likely N-dealkylation sites (N-methyl/N-ethyl adjacent to an activating group) is 1. The van der Waals surface area contributed by atoms with E-state index in [1.165, 1.54) is 11.3 Å². The Hall–Kier alpha value is -1.40. The van der Waals surface area contributed by atoms with Crippen molar-refractivity contribution in [2.24, 2.45) is 0 Å². The van der Waals surface area contributed by atoms with Crippen molar-refractivity contribution in [3.05, 3.63) is 17.3 Å². The fourth-order valence-electron chi connectivity index (χ4n) is 1.67. The number of thiazole rings is 1. The maximum absolute atomic E-state index is 11.1. The van der Waals surface area contributed by atoms with E-state index in [1.54, 1.807) is 4.40 Å². The van der Waals surface area contributed by atoms with Gasteiger partial charge in [0.05, 0.1) is 6.61 Å². The Kier molecular flexibility index (Phi) is 3.21. The van der Waals surface area contributed by atoms with Gasteiger partial charge in [0.25, 0.3) is 0 Å². The largest absolute Gasteiger partial charge is 0.395 e. The van der Waals surface area contributed by atoms with Crippen molar-refractivity contribution in [3.63, 3.8) is 0 Å². The molecular weight excluding hydrogens is 226 g/mol. The lowest BCUT2D eigenvalue weighted by Gasteiger charge is -2.19. The SMILES string of the molecule is CCN(CCO)c1nc2sccn2c1C=O. The number of imidazole rings is 1. The van der Waals surface area contributed by atoms with Crippen molar-refractivity contribution in [1.82, 2.24) is 9.38 Å². The minimum absolute atomic E-state index is 0.0529. The predicted octanol–water partition coefficient (Wildman–Crippen LogP) is 1.03. The van der Waals surface area contributed by atoms with Crippen LogP contribution in [-0.2, 0) is 0 Å². The Morgan fingerprint density at radius 1 is 1.69 bits per heavy atom. The van der Waals surface area contributed by atoms with Gasteiger partial charge in [-0.15, -0.1) is 11.3 Å². The number of aromatic nitrogens is 2. The first kappa shape index (κ1) is 11.1. The van der Waals surface area contributed by atoms with E-state index < -0.39 is 0 Å². The second-order valence-corrected chi connectivity index (χ2v) is 4.17. The van der Waals surface area contributed by atoms with Crippen LogP contribution in [-0.4, -0.2) is 40.5 Å². The Balaban J connectivity index is 2.48. The summed E-state index contributed by atoms with van der Waals surface area (Å²) in [7, 11) is 0. The van der Waals surface area contributed by atoms with Gasteiger partial charge in [0.15, 0.2) is 17.1 Å². The first-order valence-electron chi connectivity index (χ1n) is 5.08. The average molecular weight is 239 g/mol. The quantitative estimate of drug-likeness (QED) is 0.792. The lowest BCUT2D eigenvalue weighted by Crippen LogP contribution is -2.27. The summed E-state index contributed by atoms with van der Waals surface area (Å²) in [5, 5.41) is 10.8. The molecule has 5 nitrogen and oxygen atoms in total. The summed E-state index contributed by atoms with van der Waals surface area (Å²) in [6.45, 7) is 3.23. The van der Waals surface area contributed by atoms with E-state index in [1.807, 2.05) is 23.4 Å². The number of hydrogen-bond acceptors (Lipinski definition) is 5. The van der Waals surface area contributed by atoms with E-state index in [4.69, 9.17) is 5.11 Å². The van der Waals surface area contributed by atoms with Gasteiger partial charge < -0.3 is 10.0 Å². The number of hydrogen-bond donors (Lipinski definition) is 1. The minimum atomic E-state index is 0.0529. The highest BCUT2D eigenvalue weighted by atomic mass is 32.1. The molecule has 0 aliphatic carbocycles. The van der Waals surface area contributed by atoms with E-state index in [-0.39, 0.29) is 6.61 Å². The highest BCUT2D eigenvalue weighted by Crippen LogP contribution is 2.22. The Bertz CT molecular complexity index is 491. The Morgan fingerprint density at radius 3 is 3.12 bits per heavy atom. The molecule has 0 aliphatic heterocycles. The number of fused-ring (bicyclic) bond motifs is 1. The molecule has 0 amide bonds. The molecule has 6 heteroatoms. The van der Waals surface area contributed by atoms with Crippen LogP contribution >= 0.6 is 11.3 Å². The normalized spacial score (nSPS) is 10.9. The zero-order valence-corrected chi connectivity index (χ0v) is 9.78. The van der Waals surface area contributed by atoms with Gasteiger partial charge in [-0.2, -0.15) is 0 Å². The van der Waals surface area contributed by atoms with Crippen LogP contribution in [0.1, 0.15) is 17.4 Å². The monoisotopic (exact) mass is 239 g/mol. The molecule has 0 spiro atoms. The number of carbonyl (C=O) groups is 1. The molecule has 0 bridgehead atoms. The van der Waals surface area contributed by atoms with Crippen molar-refractivity contribution in [2.75, 3.05) is 24.6 Å². The summed E-state index contributed by atoms with van der Waals surface area (Å²) in [5.74, 6) is 0.651. The van der Waals surface area contributed by atoms with Crippen LogP contribution in [0.2, 0.25) is 0 Å². The van der Waals surface area contributed by atoms with Crippen LogP contribution in [0.5, 0.6) is 0 Å². The molecule has 2 rings (SSSR count). The number of aldehydes is 1. The molecule has 0 aromatic carbocycles. The van der Waals surface area contributed by atoms with Crippen molar-refractivity contribution in [1.29, 1.82) is 0 Å². The molecule has 0 saturated carbocycles.